The van der Waals surface area contributed by atoms with Crippen LogP contribution in [0.3, 0.4) is 0 Å². The van der Waals surface area contributed by atoms with Crippen molar-refractivity contribution >= 4 is 23.6 Å². The second-order valence-electron chi connectivity index (χ2n) is 17.3. The van der Waals surface area contributed by atoms with E-state index in [0.717, 1.165) is 64.2 Å². The molecule has 4 saturated carbocycles. The van der Waals surface area contributed by atoms with Crippen LogP contribution in [0.5, 0.6) is 0 Å². The summed E-state index contributed by atoms with van der Waals surface area (Å²) in [4.78, 5) is 57.0. The van der Waals surface area contributed by atoms with Crippen LogP contribution in [0, 0.1) is 0 Å². The molecule has 0 aromatic heterocycles. The summed E-state index contributed by atoms with van der Waals surface area (Å²) >= 11 is 0. The molecule has 0 bridgehead atoms. The van der Waals surface area contributed by atoms with Crippen LogP contribution in [0.1, 0.15) is 199 Å². The predicted octanol–water partition coefficient (Wildman–Crippen LogP) is 9.44. The monoisotopic (exact) mass is 759 g/mol. The first kappa shape index (κ1) is 46.2. The smallest absolute Gasteiger partial charge is 0.248 e. The third kappa shape index (κ3) is 17.7. The molecule has 0 radical (unpaired) electrons. The predicted molar refractivity (Wildman–Crippen MR) is 220 cm³/mol. The minimum Gasteiger partial charge on any atom is -0.372 e. The van der Waals surface area contributed by atoms with Gasteiger partial charge in [-0.25, -0.2) is 0 Å². The van der Waals surface area contributed by atoms with Crippen LogP contribution >= 0.6 is 0 Å². The Balaban J connectivity index is 0.000000291. The van der Waals surface area contributed by atoms with E-state index in [0.29, 0.717) is 61.9 Å². The number of rotatable bonds is 20. The molecule has 0 aromatic rings. The van der Waals surface area contributed by atoms with Gasteiger partial charge in [0.1, 0.15) is 6.61 Å². The van der Waals surface area contributed by atoms with Gasteiger partial charge in [-0.2, -0.15) is 0 Å². The van der Waals surface area contributed by atoms with E-state index >= 15 is 0 Å². The average molecular weight is 759 g/mol. The van der Waals surface area contributed by atoms with Gasteiger partial charge in [0.25, 0.3) is 0 Å². The van der Waals surface area contributed by atoms with E-state index in [1.165, 1.54) is 116 Å². The molecule has 0 aliphatic heterocycles. The molecule has 0 saturated heterocycles. The summed E-state index contributed by atoms with van der Waals surface area (Å²) in [6.07, 6.45) is 35.0. The van der Waals surface area contributed by atoms with Gasteiger partial charge in [-0.05, 0) is 77.0 Å². The van der Waals surface area contributed by atoms with Crippen molar-refractivity contribution in [1.29, 1.82) is 0 Å². The molecular formula is C45H82N4O5. The van der Waals surface area contributed by atoms with Crippen molar-refractivity contribution in [2.24, 2.45) is 0 Å². The number of hydrogen-bond donors (Lipinski definition) is 0. The van der Waals surface area contributed by atoms with Crippen LogP contribution in [0.2, 0.25) is 0 Å². The molecule has 54 heavy (non-hydrogen) atoms. The Bertz CT molecular complexity index is 965. The standard InChI is InChI=1S/C24H44N2O2.C21H38N2O3/c1-25(21-15-9-7-10-16-21)23(27)19-13-5-3-4-6-14-20-24(28)26(2)22-17-11-8-12-18-22;1-22(18-11-5-3-6-12-18)20(24)15-9-10-16-26-17-21(25)23(2)19-13-7-4-8-14-19/h21-22H,3-20H2,1-2H3;18-19H,3-17H2,1-2H3. The molecule has 312 valence electrons. The molecular weight excluding hydrogens is 677 g/mol. The molecule has 4 aliphatic rings. The highest BCUT2D eigenvalue weighted by molar-refractivity contribution is 5.78. The van der Waals surface area contributed by atoms with Crippen LogP contribution in [-0.2, 0) is 23.9 Å². The molecule has 0 N–H and O–H groups in total. The lowest BCUT2D eigenvalue weighted by molar-refractivity contribution is -0.138. The summed E-state index contributed by atoms with van der Waals surface area (Å²) in [5.41, 5.74) is 0. The number of hydrogen-bond acceptors (Lipinski definition) is 5. The van der Waals surface area contributed by atoms with E-state index in [-0.39, 0.29) is 18.4 Å². The van der Waals surface area contributed by atoms with E-state index in [4.69, 9.17) is 4.74 Å². The van der Waals surface area contributed by atoms with E-state index < -0.39 is 0 Å². The van der Waals surface area contributed by atoms with Gasteiger partial charge in [-0.3, -0.25) is 19.2 Å². The number of amides is 4. The van der Waals surface area contributed by atoms with E-state index in [1.54, 1.807) is 0 Å². The Morgan fingerprint density at radius 1 is 0.370 bits per heavy atom. The summed E-state index contributed by atoms with van der Waals surface area (Å²) in [6.45, 7) is 0.730. The zero-order valence-corrected chi connectivity index (χ0v) is 35.5. The molecule has 4 fully saturated rings. The van der Waals surface area contributed by atoms with Gasteiger partial charge >= 0.3 is 0 Å². The Labute approximate surface area is 331 Å². The highest BCUT2D eigenvalue weighted by Crippen LogP contribution is 2.25. The van der Waals surface area contributed by atoms with Crippen molar-refractivity contribution in [1.82, 2.24) is 19.6 Å². The average Bonchev–Trinajstić information content (AvgIpc) is 3.23. The number of nitrogens with zero attached hydrogens (tertiary/aromatic N) is 4. The van der Waals surface area contributed by atoms with Gasteiger partial charge in [0, 0.05) is 78.2 Å². The van der Waals surface area contributed by atoms with E-state index in [2.05, 4.69) is 0 Å². The molecule has 4 rings (SSSR count). The second kappa shape index (κ2) is 27.4. The number of carbonyl (C=O) groups excluding carboxylic acids is 4. The Kier molecular flexibility index (Phi) is 23.5. The van der Waals surface area contributed by atoms with Crippen LogP contribution in [-0.4, -0.2) is 109 Å². The summed E-state index contributed by atoms with van der Waals surface area (Å²) in [7, 11) is 7.86. The van der Waals surface area contributed by atoms with Gasteiger partial charge in [0.15, 0.2) is 0 Å². The first-order valence-corrected chi connectivity index (χ1v) is 22.8. The van der Waals surface area contributed by atoms with E-state index in [1.807, 2.05) is 47.8 Å². The van der Waals surface area contributed by atoms with Crippen molar-refractivity contribution in [3.63, 3.8) is 0 Å². The second-order valence-corrected chi connectivity index (χ2v) is 17.3. The normalized spacial score (nSPS) is 19.0. The van der Waals surface area contributed by atoms with Crippen molar-refractivity contribution in [2.75, 3.05) is 41.4 Å². The highest BCUT2D eigenvalue weighted by atomic mass is 16.5. The number of likely N-dealkylation sites (N-methyl/N-ethyl adjacent to an activating group) is 1. The van der Waals surface area contributed by atoms with Crippen LogP contribution in [0.4, 0.5) is 0 Å². The molecule has 0 aromatic carbocycles. The Morgan fingerprint density at radius 3 is 0.944 bits per heavy atom. The zero-order valence-electron chi connectivity index (χ0n) is 35.5. The molecule has 0 unspecified atom stereocenters. The van der Waals surface area contributed by atoms with Crippen LogP contribution in [0.25, 0.3) is 0 Å². The van der Waals surface area contributed by atoms with E-state index in [9.17, 15) is 19.2 Å². The minimum absolute atomic E-state index is 0.0880. The van der Waals surface area contributed by atoms with Gasteiger partial charge in [0.2, 0.25) is 23.6 Å². The lowest BCUT2D eigenvalue weighted by atomic mass is 9.94. The van der Waals surface area contributed by atoms with Crippen molar-refractivity contribution < 1.29 is 23.9 Å². The minimum atomic E-state index is 0.0880. The Hall–Kier alpha value is -2.16. The van der Waals surface area contributed by atoms with Crippen molar-refractivity contribution in [3.05, 3.63) is 0 Å². The van der Waals surface area contributed by atoms with Crippen LogP contribution in [0.15, 0.2) is 0 Å². The Morgan fingerprint density at radius 2 is 0.630 bits per heavy atom. The maximum atomic E-state index is 12.3. The van der Waals surface area contributed by atoms with Crippen molar-refractivity contribution in [3.8, 4) is 0 Å². The fourth-order valence-electron chi connectivity index (χ4n) is 9.22. The fraction of sp³-hybridized carbons (Fsp3) is 0.911. The topological polar surface area (TPSA) is 90.5 Å². The molecule has 0 atom stereocenters. The maximum Gasteiger partial charge on any atom is 0.248 e. The first-order valence-electron chi connectivity index (χ1n) is 22.8. The largest absolute Gasteiger partial charge is 0.372 e. The third-order valence-electron chi connectivity index (χ3n) is 13.2. The highest BCUT2D eigenvalue weighted by Gasteiger charge is 2.25. The third-order valence-corrected chi connectivity index (χ3v) is 13.2. The summed E-state index contributed by atoms with van der Waals surface area (Å²) < 4.78 is 5.55. The van der Waals surface area contributed by atoms with Crippen molar-refractivity contribution in [2.45, 2.75) is 223 Å². The zero-order chi connectivity index (χ0) is 39.0. The SMILES string of the molecule is CN(C(=O)CCCCCCCCC(=O)N(C)C1CCCCC1)C1CCCCC1.CN(C(=O)CCCCOCC(=O)N(C)C1CCCCC1)C1CCCCC1. The molecule has 0 spiro atoms. The fourth-order valence-corrected chi connectivity index (χ4v) is 9.22. The maximum absolute atomic E-state index is 12.3. The van der Waals surface area contributed by atoms with Gasteiger partial charge in [-0.1, -0.05) is 103 Å². The molecule has 4 aliphatic carbocycles. The summed E-state index contributed by atoms with van der Waals surface area (Å²) in [6, 6.07) is 1.82. The molecule has 4 amide bonds. The summed E-state index contributed by atoms with van der Waals surface area (Å²) in [5.74, 6) is 1.02. The van der Waals surface area contributed by atoms with Gasteiger partial charge in [-0.15, -0.1) is 0 Å². The van der Waals surface area contributed by atoms with Crippen LogP contribution < -0.4 is 0 Å². The number of ether oxygens (including phenoxy) is 1. The molecule has 9 nitrogen and oxygen atoms in total. The lowest BCUT2D eigenvalue weighted by Crippen LogP contribution is -2.40. The first-order chi connectivity index (χ1) is 26.2. The molecule has 0 heterocycles. The quantitative estimate of drug-likeness (QED) is 0.116. The number of carbonyl (C=O) groups is 4. The van der Waals surface area contributed by atoms with Gasteiger partial charge < -0.3 is 24.3 Å². The lowest BCUT2D eigenvalue weighted by Gasteiger charge is -2.31. The van der Waals surface area contributed by atoms with Gasteiger partial charge in [0.05, 0.1) is 0 Å². The molecule has 9 heteroatoms. The summed E-state index contributed by atoms with van der Waals surface area (Å²) in [5, 5.41) is 0. The number of unbranched alkanes of at least 4 members (excludes halogenated alkanes) is 6.